The van der Waals surface area contributed by atoms with Gasteiger partial charge in [-0.15, -0.1) is 0 Å². The highest BCUT2D eigenvalue weighted by Crippen LogP contribution is 2.42. The van der Waals surface area contributed by atoms with Crippen molar-refractivity contribution in [3.8, 4) is 34.5 Å². The molecule has 1 aliphatic carbocycles. The number of Topliss-reactive ketones (excluding diaryl/α,β-unsaturated/α-hetero) is 1. The average molecular weight is 454 g/mol. The van der Waals surface area contributed by atoms with Crippen LogP contribution in [0.5, 0.6) is 34.5 Å². The van der Waals surface area contributed by atoms with Gasteiger partial charge in [-0.25, -0.2) is 0 Å². The van der Waals surface area contributed by atoms with Gasteiger partial charge >= 0.3 is 0 Å². The molecule has 1 N–H and O–H groups in total. The summed E-state index contributed by atoms with van der Waals surface area (Å²) in [6, 6.07) is 6.35. The van der Waals surface area contributed by atoms with Crippen molar-refractivity contribution in [3.05, 3.63) is 64.8 Å². The first kappa shape index (κ1) is 23.6. The SMILES string of the molecule is COc1cc(C(=O)C2=CC=CC2=C(O)c2cc(OC)c(OC)c(OC)c2)cc(OC)c1OC. The molecule has 2 aromatic rings. The van der Waals surface area contributed by atoms with Crippen LogP contribution < -0.4 is 28.4 Å². The Morgan fingerprint density at radius 2 is 1.09 bits per heavy atom. The van der Waals surface area contributed by atoms with Gasteiger partial charge in [0.15, 0.2) is 28.8 Å². The number of benzene rings is 2. The summed E-state index contributed by atoms with van der Waals surface area (Å²) in [6.45, 7) is 0. The predicted octanol–water partition coefficient (Wildman–Crippen LogP) is 4.39. The third-order valence-corrected chi connectivity index (χ3v) is 5.18. The maximum atomic E-state index is 13.4. The standard InChI is InChI=1S/C25H26O8/c1-28-18-10-14(11-19(29-2)24(18)32-5)22(26)16-8-7-9-17(16)23(27)15-12-20(30-3)25(33-6)21(13-15)31-4/h7-13,26H,1-6H3. The fraction of sp³-hybridized carbons (Fsp3) is 0.240. The fourth-order valence-electron chi connectivity index (χ4n) is 3.57. The van der Waals surface area contributed by atoms with Crippen LogP contribution in [-0.2, 0) is 0 Å². The number of hydrogen-bond acceptors (Lipinski definition) is 8. The number of ketones is 1. The van der Waals surface area contributed by atoms with Gasteiger partial charge in [0, 0.05) is 22.3 Å². The van der Waals surface area contributed by atoms with Crippen molar-refractivity contribution in [1.82, 2.24) is 0 Å². The fourth-order valence-corrected chi connectivity index (χ4v) is 3.57. The number of allylic oxidation sites excluding steroid dienone is 5. The lowest BCUT2D eigenvalue weighted by atomic mass is 9.95. The third kappa shape index (κ3) is 4.32. The molecule has 33 heavy (non-hydrogen) atoms. The summed E-state index contributed by atoms with van der Waals surface area (Å²) in [7, 11) is 8.91. The summed E-state index contributed by atoms with van der Waals surface area (Å²) in [5.41, 5.74) is 1.36. The van der Waals surface area contributed by atoms with E-state index in [0.29, 0.717) is 56.8 Å². The Hall–Kier alpha value is -4.07. The predicted molar refractivity (Wildman–Crippen MR) is 123 cm³/mol. The molecule has 174 valence electrons. The molecule has 0 unspecified atom stereocenters. The molecule has 8 nitrogen and oxygen atoms in total. The van der Waals surface area contributed by atoms with Gasteiger partial charge in [0.2, 0.25) is 11.5 Å². The molecule has 0 saturated carbocycles. The summed E-state index contributed by atoms with van der Waals surface area (Å²) >= 11 is 0. The van der Waals surface area contributed by atoms with E-state index in [1.165, 1.54) is 42.7 Å². The van der Waals surface area contributed by atoms with Gasteiger partial charge in [0.25, 0.3) is 0 Å². The highest BCUT2D eigenvalue weighted by Gasteiger charge is 2.25. The van der Waals surface area contributed by atoms with E-state index in [2.05, 4.69) is 0 Å². The Morgan fingerprint density at radius 3 is 1.48 bits per heavy atom. The second-order valence-electron chi connectivity index (χ2n) is 6.86. The van der Waals surface area contributed by atoms with Crippen molar-refractivity contribution in [2.24, 2.45) is 0 Å². The number of aliphatic hydroxyl groups is 1. The molecule has 0 amide bonds. The van der Waals surface area contributed by atoms with E-state index in [9.17, 15) is 9.90 Å². The average Bonchev–Trinajstić information content (AvgIpc) is 3.35. The molecule has 0 heterocycles. The number of methoxy groups -OCH3 is 6. The number of hydrogen-bond donors (Lipinski definition) is 1. The largest absolute Gasteiger partial charge is 0.507 e. The van der Waals surface area contributed by atoms with E-state index in [-0.39, 0.29) is 11.5 Å². The minimum Gasteiger partial charge on any atom is -0.507 e. The molecule has 3 rings (SSSR count). The molecular formula is C25H26O8. The molecule has 0 fully saturated rings. The minimum atomic E-state index is -0.326. The van der Waals surface area contributed by atoms with E-state index in [1.54, 1.807) is 42.5 Å². The number of ether oxygens (including phenoxy) is 6. The quantitative estimate of drug-likeness (QED) is 0.441. The Balaban J connectivity index is 2.08. The van der Waals surface area contributed by atoms with Crippen molar-refractivity contribution in [2.75, 3.05) is 42.7 Å². The first-order chi connectivity index (χ1) is 15.9. The molecule has 0 bridgehead atoms. The van der Waals surface area contributed by atoms with Crippen molar-refractivity contribution in [3.63, 3.8) is 0 Å². The lowest BCUT2D eigenvalue weighted by Crippen LogP contribution is -2.07. The molecule has 1 aliphatic rings. The normalized spacial score (nSPS) is 13.8. The highest BCUT2D eigenvalue weighted by atomic mass is 16.5. The molecule has 2 aromatic carbocycles. The van der Waals surface area contributed by atoms with Crippen molar-refractivity contribution in [1.29, 1.82) is 0 Å². The molecular weight excluding hydrogens is 428 g/mol. The Morgan fingerprint density at radius 1 is 0.667 bits per heavy atom. The number of carbonyl (C=O) groups excluding carboxylic acids is 1. The monoisotopic (exact) mass is 454 g/mol. The van der Waals surface area contributed by atoms with E-state index in [1.807, 2.05) is 0 Å². The van der Waals surface area contributed by atoms with Gasteiger partial charge in [-0.3, -0.25) is 4.79 Å². The minimum absolute atomic E-state index is 0.116. The van der Waals surface area contributed by atoms with E-state index < -0.39 is 0 Å². The molecule has 8 heteroatoms. The van der Waals surface area contributed by atoms with Crippen molar-refractivity contribution in [2.45, 2.75) is 0 Å². The first-order valence-corrected chi connectivity index (χ1v) is 9.91. The summed E-state index contributed by atoms with van der Waals surface area (Å²) in [5.74, 6) is 1.80. The van der Waals surface area contributed by atoms with Crippen LogP contribution in [0.4, 0.5) is 0 Å². The van der Waals surface area contributed by atoms with Crippen molar-refractivity contribution >= 4 is 11.5 Å². The van der Waals surface area contributed by atoms with Gasteiger partial charge in [-0.05, 0) is 24.3 Å². The van der Waals surface area contributed by atoms with Gasteiger partial charge in [0.05, 0.1) is 42.7 Å². The van der Waals surface area contributed by atoms with E-state index in [0.717, 1.165) is 0 Å². The zero-order valence-corrected chi connectivity index (χ0v) is 19.3. The summed E-state index contributed by atoms with van der Waals surface area (Å²) < 4.78 is 32.1. The Labute approximate surface area is 192 Å². The van der Waals surface area contributed by atoms with Gasteiger partial charge in [-0.2, -0.15) is 0 Å². The van der Waals surface area contributed by atoms with Crippen LogP contribution in [-0.4, -0.2) is 53.5 Å². The van der Waals surface area contributed by atoms with Gasteiger partial charge in [-0.1, -0.05) is 18.2 Å². The van der Waals surface area contributed by atoms with Crippen LogP contribution in [0.2, 0.25) is 0 Å². The maximum Gasteiger partial charge on any atom is 0.203 e. The highest BCUT2D eigenvalue weighted by molar-refractivity contribution is 6.14. The van der Waals surface area contributed by atoms with Crippen LogP contribution in [0.25, 0.3) is 5.76 Å². The van der Waals surface area contributed by atoms with E-state index >= 15 is 0 Å². The maximum absolute atomic E-state index is 13.4. The molecule has 0 atom stereocenters. The van der Waals surface area contributed by atoms with Crippen LogP contribution in [0, 0.1) is 0 Å². The molecule has 0 aliphatic heterocycles. The van der Waals surface area contributed by atoms with Crippen LogP contribution in [0.3, 0.4) is 0 Å². The number of rotatable bonds is 9. The van der Waals surface area contributed by atoms with Crippen molar-refractivity contribution < 1.29 is 38.3 Å². The topological polar surface area (TPSA) is 92.7 Å². The molecule has 0 saturated heterocycles. The van der Waals surface area contributed by atoms with E-state index in [4.69, 9.17) is 28.4 Å². The lowest BCUT2D eigenvalue weighted by Gasteiger charge is -2.16. The zero-order valence-electron chi connectivity index (χ0n) is 19.3. The molecule has 0 aromatic heterocycles. The van der Waals surface area contributed by atoms with Gasteiger partial charge in [0.1, 0.15) is 5.76 Å². The van der Waals surface area contributed by atoms with Crippen LogP contribution in [0.15, 0.2) is 53.6 Å². The zero-order chi connectivity index (χ0) is 24.1. The first-order valence-electron chi connectivity index (χ1n) is 9.91. The Bertz CT molecular complexity index is 1110. The smallest absolute Gasteiger partial charge is 0.203 e. The second-order valence-corrected chi connectivity index (χ2v) is 6.86. The lowest BCUT2D eigenvalue weighted by molar-refractivity contribution is 0.103. The third-order valence-electron chi connectivity index (χ3n) is 5.18. The van der Waals surface area contributed by atoms with Crippen LogP contribution >= 0.6 is 0 Å². The molecule has 0 radical (unpaired) electrons. The summed E-state index contributed by atoms with van der Waals surface area (Å²) in [6.07, 6.45) is 4.98. The molecule has 0 spiro atoms. The van der Waals surface area contributed by atoms with Crippen LogP contribution in [0.1, 0.15) is 15.9 Å². The number of aliphatic hydroxyl groups excluding tert-OH is 1. The second kappa shape index (κ2) is 10.0. The summed E-state index contributed by atoms with van der Waals surface area (Å²) in [4.78, 5) is 13.4. The Kier molecular flexibility index (Phi) is 7.17. The summed E-state index contributed by atoms with van der Waals surface area (Å²) in [5, 5.41) is 11.1. The number of carbonyl (C=O) groups is 1. The van der Waals surface area contributed by atoms with Gasteiger partial charge < -0.3 is 33.5 Å².